The Bertz CT molecular complexity index is 3980. The van der Waals surface area contributed by atoms with Crippen molar-refractivity contribution in [2.24, 2.45) is 6.98 Å². The fourth-order valence-corrected chi connectivity index (χ4v) is 9.72. The van der Waals surface area contributed by atoms with Crippen molar-refractivity contribution in [2.45, 2.75) is 26.2 Å². The summed E-state index contributed by atoms with van der Waals surface area (Å²) in [7, 11) is 4.27. The number of benzene rings is 6. The molecule has 3 aromatic heterocycles. The molecule has 6 heterocycles. The van der Waals surface area contributed by atoms with Crippen molar-refractivity contribution in [1.29, 1.82) is 0 Å². The molecule has 0 unspecified atom stereocenters. The van der Waals surface area contributed by atoms with Crippen molar-refractivity contribution in [3.8, 4) is 28.8 Å². The van der Waals surface area contributed by atoms with E-state index in [1.54, 1.807) is 6.07 Å². The number of aromatic nitrogens is 4. The van der Waals surface area contributed by atoms with Crippen molar-refractivity contribution in [3.63, 3.8) is 0 Å². The molecule has 2 N–H and O–H groups in total. The van der Waals surface area contributed by atoms with Crippen molar-refractivity contribution in [3.05, 3.63) is 254 Å². The van der Waals surface area contributed by atoms with E-state index in [0.717, 1.165) is 66.6 Å². The molecule has 9 aromatic rings. The number of imidazole rings is 1. The standard InChI is InChI=1S/C64H51B2N8O.Pt/c1-64(2,3)45-29-32-56-51(39-45)48-31-30-47(42-60(48)74(56)63-70-54-25-8-9-26-57(54)71(63)4)75-61-41-46(40-55(69-61)44-19-6-5-7-20-44)72-43-73(59-28-11-10-27-58(59)72)62-49(52-23-17-37-67-35-14-12-33-65-52)21-16-22-50(62)53-24-18-38-68-36-15-13-34-66-53;/h5-40,43,67-68H,1-4H3;/q-3;/b33-12-,34-13-,35-14-,36-15-,37-17-,38-18-,52-23-,53-24-;/i4D3;. The first kappa shape index (κ1) is 46.0. The van der Waals surface area contributed by atoms with Crippen LogP contribution in [0.15, 0.2) is 219 Å². The topological polar surface area (TPSA) is 75.4 Å². The predicted molar refractivity (Wildman–Crippen MR) is 311 cm³/mol. The van der Waals surface area contributed by atoms with E-state index in [0.29, 0.717) is 33.7 Å². The molecular weight excluding hydrogens is 1110 g/mol. The summed E-state index contributed by atoms with van der Waals surface area (Å²) < 4.78 is 36.4. The van der Waals surface area contributed by atoms with Gasteiger partial charge < -0.3 is 34.3 Å². The second-order valence-corrected chi connectivity index (χ2v) is 19.2. The second-order valence-electron chi connectivity index (χ2n) is 19.2. The molecule has 9 nitrogen and oxygen atoms in total. The largest absolute Gasteiger partial charge is 0.503 e. The molecule has 0 fully saturated rings. The van der Waals surface area contributed by atoms with Gasteiger partial charge in [-0.3, -0.25) is 4.98 Å². The van der Waals surface area contributed by atoms with Gasteiger partial charge in [0.15, 0.2) is 14.6 Å². The zero-order chi connectivity index (χ0) is 53.4. The Balaban J connectivity index is 0.00000660. The van der Waals surface area contributed by atoms with Gasteiger partial charge in [0.2, 0.25) is 5.95 Å². The summed E-state index contributed by atoms with van der Waals surface area (Å²) in [6, 6.07) is 51.5. The smallest absolute Gasteiger partial charge is 0.213 e. The summed E-state index contributed by atoms with van der Waals surface area (Å²) in [6.07, 6.45) is 23.8. The second kappa shape index (κ2) is 21.4. The number of ether oxygens (including phenoxy) is 1. The zero-order valence-corrected chi connectivity index (χ0v) is 44.2. The normalized spacial score (nSPS) is 19.0. The van der Waals surface area contributed by atoms with Crippen LogP contribution in [0.5, 0.6) is 11.6 Å². The van der Waals surface area contributed by atoms with Crippen LogP contribution < -0.4 is 25.2 Å². The van der Waals surface area contributed by atoms with Crippen LogP contribution >= 0.6 is 0 Å². The molecule has 76 heavy (non-hydrogen) atoms. The number of nitrogens with one attached hydrogen (secondary N) is 2. The molecule has 2 radical (unpaired) electrons. The third-order valence-electron chi connectivity index (χ3n) is 13.4. The molecule has 0 saturated heterocycles. The van der Waals surface area contributed by atoms with Crippen molar-refractivity contribution < 1.29 is 29.9 Å². The van der Waals surface area contributed by atoms with Crippen LogP contribution in [0.3, 0.4) is 0 Å². The Morgan fingerprint density at radius 3 is 2.01 bits per heavy atom. The maximum absolute atomic E-state index is 8.76. The quantitative estimate of drug-likeness (QED) is 0.116. The van der Waals surface area contributed by atoms with E-state index >= 15 is 0 Å². The number of allylic oxidation sites excluding steroid dienone is 8. The molecular formula is C64H51B2N8OPt-3. The predicted octanol–water partition coefficient (Wildman–Crippen LogP) is 14.2. The van der Waals surface area contributed by atoms with E-state index in [4.69, 9.17) is 18.8 Å². The minimum Gasteiger partial charge on any atom is -0.503 e. The van der Waals surface area contributed by atoms with Gasteiger partial charge in [-0.15, -0.1) is 36.1 Å². The van der Waals surface area contributed by atoms with Crippen LogP contribution in [0.2, 0.25) is 0 Å². The Morgan fingerprint density at radius 1 is 0.632 bits per heavy atom. The monoisotopic (exact) mass is 1170 g/mol. The summed E-state index contributed by atoms with van der Waals surface area (Å²) in [5.41, 5.74) is 12.6. The summed E-state index contributed by atoms with van der Waals surface area (Å²) in [5, 5.41) is 8.24. The van der Waals surface area contributed by atoms with Gasteiger partial charge in [-0.1, -0.05) is 146 Å². The van der Waals surface area contributed by atoms with E-state index < -0.39 is 6.98 Å². The van der Waals surface area contributed by atoms with Gasteiger partial charge in [-0.2, -0.15) is 23.9 Å². The summed E-state index contributed by atoms with van der Waals surface area (Å²) in [4.78, 5) is 14.5. The Hall–Kier alpha value is -8.52. The molecule has 0 atom stereocenters. The first-order valence-corrected chi connectivity index (χ1v) is 24.9. The van der Waals surface area contributed by atoms with Crippen molar-refractivity contribution in [1.82, 2.24) is 29.7 Å². The Morgan fingerprint density at radius 2 is 1.30 bits per heavy atom. The first-order valence-electron chi connectivity index (χ1n) is 26.4. The number of para-hydroxylation sites is 5. The van der Waals surface area contributed by atoms with Gasteiger partial charge >= 0.3 is 0 Å². The van der Waals surface area contributed by atoms with E-state index in [1.807, 2.05) is 145 Å². The molecule has 0 spiro atoms. The van der Waals surface area contributed by atoms with Crippen LogP contribution in [-0.4, -0.2) is 33.7 Å². The third-order valence-corrected chi connectivity index (χ3v) is 13.4. The van der Waals surface area contributed by atoms with Gasteiger partial charge in [0.05, 0.1) is 11.0 Å². The van der Waals surface area contributed by atoms with Crippen LogP contribution in [0, 0.1) is 18.8 Å². The maximum atomic E-state index is 8.76. The molecule has 3 aliphatic rings. The summed E-state index contributed by atoms with van der Waals surface area (Å²) in [5.74, 6) is 4.92. The number of fused-ring (bicyclic) bond motifs is 5. The van der Waals surface area contributed by atoms with Crippen LogP contribution in [0.1, 0.15) is 41.6 Å². The van der Waals surface area contributed by atoms with Crippen molar-refractivity contribution in [2.75, 3.05) is 9.80 Å². The number of hydrogen-bond acceptors (Lipinski definition) is 7. The fraction of sp³-hybridized carbons (Fsp3) is 0.0781. The summed E-state index contributed by atoms with van der Waals surface area (Å²) >= 11 is 0. The molecule has 0 saturated carbocycles. The van der Waals surface area contributed by atoms with Gasteiger partial charge in [-0.05, 0) is 93.4 Å². The molecule has 0 aliphatic carbocycles. The van der Waals surface area contributed by atoms with E-state index in [1.165, 1.54) is 4.57 Å². The molecule has 0 bridgehead atoms. The molecule has 12 heteroatoms. The maximum Gasteiger partial charge on any atom is 0.213 e. The molecule has 6 aromatic carbocycles. The number of anilines is 4. The first-order chi connectivity index (χ1) is 38.0. The minimum atomic E-state index is -2.55. The molecule has 0 amide bonds. The molecule has 372 valence electrons. The summed E-state index contributed by atoms with van der Waals surface area (Å²) in [6.45, 7) is 6.11. The van der Waals surface area contributed by atoms with E-state index in [2.05, 4.69) is 147 Å². The van der Waals surface area contributed by atoms with Crippen LogP contribution in [-0.2, 0) is 33.5 Å². The number of nitrogens with zero attached hydrogens (tertiary/aromatic N) is 6. The van der Waals surface area contributed by atoms with Gasteiger partial charge in [-0.25, -0.2) is 4.98 Å². The Labute approximate surface area is 464 Å². The van der Waals surface area contributed by atoms with E-state index in [-0.39, 0.29) is 38.3 Å². The van der Waals surface area contributed by atoms with Gasteiger partial charge in [0, 0.05) is 85.3 Å². The molecule has 3 aliphatic heterocycles. The minimum absolute atomic E-state index is 0. The zero-order valence-electron chi connectivity index (χ0n) is 44.9. The van der Waals surface area contributed by atoms with Gasteiger partial charge in [0.1, 0.15) is 5.88 Å². The number of aryl methyl sites for hydroxylation is 1. The average Bonchev–Trinajstić information content (AvgIpc) is 4.19. The number of rotatable bonds is 8. The van der Waals surface area contributed by atoms with E-state index in [9.17, 15) is 0 Å². The number of hydrogen-bond donors (Lipinski definition) is 2. The van der Waals surface area contributed by atoms with Gasteiger partial charge in [0.25, 0.3) is 0 Å². The molecule has 12 rings (SSSR count). The third kappa shape index (κ3) is 9.71. The van der Waals surface area contributed by atoms with Crippen LogP contribution in [0.25, 0.3) is 61.0 Å². The average molecular weight is 1170 g/mol. The Kier molecular flexibility index (Phi) is 12.9. The van der Waals surface area contributed by atoms with Crippen molar-refractivity contribution >= 4 is 81.1 Å². The number of pyridine rings is 1. The fourth-order valence-electron chi connectivity index (χ4n) is 9.72. The SMILES string of the molecule is [2H]C([2H])([2H])n1c(-n2c3[c-]c(Oc4[c-]c(N5[CH-]N(c6c(/C7=C/C=C\N/C=C\C=C/[B]7)cccc6/C6=C/C=C\N/C=C\C=C/[B]6)c6ccccc65)cc(-c5ccccc5)n4)ccc3c3cc(C(C)(C)C)ccc32)nc2ccccc21.[Pt]. The van der Waals surface area contributed by atoms with Crippen LogP contribution in [0.4, 0.5) is 22.7 Å².